The predicted octanol–water partition coefficient (Wildman–Crippen LogP) is 4.15. The van der Waals surface area contributed by atoms with Crippen molar-refractivity contribution in [3.63, 3.8) is 0 Å². The molecule has 0 aromatic heterocycles. The second-order valence-corrected chi connectivity index (χ2v) is 9.75. The van der Waals surface area contributed by atoms with E-state index in [0.717, 1.165) is 5.56 Å². The zero-order valence-corrected chi connectivity index (χ0v) is 21.3. The topological polar surface area (TPSA) is 95.9 Å². The minimum atomic E-state index is -0.962. The van der Waals surface area contributed by atoms with Crippen molar-refractivity contribution in [2.45, 2.75) is 32.9 Å². The lowest BCUT2D eigenvalue weighted by atomic mass is 9.70. The number of carbonyl (C=O) groups excluding carboxylic acids is 3. The molecule has 0 unspecified atom stereocenters. The summed E-state index contributed by atoms with van der Waals surface area (Å²) >= 11 is 6.38. The average Bonchev–Trinajstić information content (AvgIpc) is 3.15. The number of nitrogens with one attached hydrogen (secondary N) is 1. The first-order valence-electron chi connectivity index (χ1n) is 12.2. The minimum absolute atomic E-state index is 0.194. The molecule has 4 rings (SSSR count). The highest BCUT2D eigenvalue weighted by atomic mass is 35.5. The number of halogens is 1. The second kappa shape index (κ2) is 10.8. The van der Waals surface area contributed by atoms with Gasteiger partial charge < -0.3 is 20.1 Å². The van der Waals surface area contributed by atoms with Gasteiger partial charge in [0.15, 0.2) is 0 Å². The maximum atomic E-state index is 14.0. The van der Waals surface area contributed by atoms with Gasteiger partial charge in [-0.05, 0) is 37.0 Å². The molecule has 1 aliphatic carbocycles. The van der Waals surface area contributed by atoms with Gasteiger partial charge in [-0.2, -0.15) is 0 Å². The van der Waals surface area contributed by atoms with Gasteiger partial charge in [0.05, 0.1) is 41.8 Å². The van der Waals surface area contributed by atoms with Crippen LogP contribution in [0.3, 0.4) is 0 Å². The van der Waals surface area contributed by atoms with Crippen molar-refractivity contribution in [2.24, 2.45) is 23.7 Å². The summed E-state index contributed by atoms with van der Waals surface area (Å²) in [7, 11) is 0. The molecule has 190 valence electrons. The summed E-state index contributed by atoms with van der Waals surface area (Å²) in [5.41, 5.74) is 1.95. The number of anilines is 1. The van der Waals surface area contributed by atoms with Gasteiger partial charge in [0.25, 0.3) is 0 Å². The van der Waals surface area contributed by atoms with Gasteiger partial charge in [-0.1, -0.05) is 73.1 Å². The normalized spacial score (nSPS) is 25.9. The number of carbonyl (C=O) groups is 3. The van der Waals surface area contributed by atoms with E-state index in [1.807, 2.05) is 62.4 Å². The molecule has 1 fully saturated rings. The Morgan fingerprint density at radius 2 is 1.86 bits per heavy atom. The van der Waals surface area contributed by atoms with E-state index in [2.05, 4.69) is 5.32 Å². The van der Waals surface area contributed by atoms with Crippen molar-refractivity contribution in [3.8, 4) is 0 Å². The summed E-state index contributed by atoms with van der Waals surface area (Å²) in [5.74, 6) is -3.58. The van der Waals surface area contributed by atoms with E-state index in [4.69, 9.17) is 16.3 Å². The van der Waals surface area contributed by atoms with Gasteiger partial charge in [-0.15, -0.1) is 0 Å². The first-order chi connectivity index (χ1) is 17.3. The highest BCUT2D eigenvalue weighted by Gasteiger charge is 2.58. The first-order valence-corrected chi connectivity index (χ1v) is 12.6. The van der Waals surface area contributed by atoms with Crippen LogP contribution < -0.4 is 5.32 Å². The van der Waals surface area contributed by atoms with Crippen LogP contribution in [-0.2, 0) is 19.1 Å². The maximum Gasteiger partial charge on any atom is 0.310 e. The molecule has 1 heterocycles. The Balaban J connectivity index is 1.80. The highest BCUT2D eigenvalue weighted by Crippen LogP contribution is 2.47. The third-order valence-electron chi connectivity index (χ3n) is 7.20. The molecule has 0 bridgehead atoms. The van der Waals surface area contributed by atoms with Gasteiger partial charge >= 0.3 is 5.97 Å². The van der Waals surface area contributed by atoms with E-state index in [-0.39, 0.29) is 25.0 Å². The number of amides is 2. The molecular weight excluding hydrogens is 480 g/mol. The number of aliphatic hydroxyl groups is 1. The van der Waals surface area contributed by atoms with Gasteiger partial charge in [-0.25, -0.2) is 0 Å². The predicted molar refractivity (Wildman–Crippen MR) is 137 cm³/mol. The summed E-state index contributed by atoms with van der Waals surface area (Å²) in [5, 5.41) is 13.7. The number of ether oxygens (including phenoxy) is 1. The Labute approximate surface area is 216 Å². The summed E-state index contributed by atoms with van der Waals surface area (Å²) < 4.78 is 5.33. The van der Waals surface area contributed by atoms with Crippen molar-refractivity contribution in [1.82, 2.24) is 4.90 Å². The number of rotatable bonds is 7. The van der Waals surface area contributed by atoms with E-state index < -0.39 is 41.7 Å². The zero-order valence-electron chi connectivity index (χ0n) is 20.6. The molecule has 8 heteroatoms. The monoisotopic (exact) mass is 510 g/mol. The molecule has 7 nitrogen and oxygen atoms in total. The number of hydrogen-bond acceptors (Lipinski definition) is 5. The summed E-state index contributed by atoms with van der Waals surface area (Å²) in [6.45, 7) is 5.24. The number of hydrogen-bond donors (Lipinski definition) is 2. The Morgan fingerprint density at radius 3 is 2.50 bits per heavy atom. The maximum absolute atomic E-state index is 14.0. The van der Waals surface area contributed by atoms with Crippen molar-refractivity contribution in [2.75, 3.05) is 18.5 Å². The van der Waals surface area contributed by atoms with E-state index in [1.54, 1.807) is 19.1 Å². The van der Waals surface area contributed by atoms with Crippen LogP contribution >= 0.6 is 11.6 Å². The van der Waals surface area contributed by atoms with Crippen LogP contribution in [0, 0.1) is 30.6 Å². The van der Waals surface area contributed by atoms with Crippen molar-refractivity contribution >= 4 is 35.1 Å². The van der Waals surface area contributed by atoms with Crippen LogP contribution in [0.25, 0.3) is 0 Å². The fourth-order valence-corrected chi connectivity index (χ4v) is 5.76. The molecule has 6 atom stereocenters. The van der Waals surface area contributed by atoms with Crippen molar-refractivity contribution < 1.29 is 24.2 Å². The molecule has 1 aliphatic heterocycles. The molecule has 2 aromatic carbocycles. The van der Waals surface area contributed by atoms with Crippen molar-refractivity contribution in [3.05, 3.63) is 76.8 Å². The summed E-state index contributed by atoms with van der Waals surface area (Å²) in [6.07, 6.45) is 3.73. The lowest BCUT2D eigenvalue weighted by Crippen LogP contribution is -2.47. The van der Waals surface area contributed by atoms with Gasteiger partial charge in [0.2, 0.25) is 11.8 Å². The molecule has 0 radical (unpaired) electrons. The van der Waals surface area contributed by atoms with E-state index in [9.17, 15) is 19.5 Å². The fourth-order valence-electron chi connectivity index (χ4n) is 5.49. The molecule has 1 saturated heterocycles. The largest absolute Gasteiger partial charge is 0.466 e. The molecule has 2 N–H and O–H groups in total. The number of fused-ring (bicyclic) bond motifs is 1. The number of likely N-dealkylation sites (tertiary alicyclic amines) is 1. The SMILES string of the molecule is CCOC(=O)[C@H]1[C@H]2C(=O)N([C@H](CO)c3ccccc3)[C@H](C(=O)Nc3c(C)cccc3Cl)[C@H]2C=C[C@H]1C. The standard InChI is InChI=1S/C28H31ClN2O5/c1-4-36-28(35)22-16(2)13-14-19-23(22)27(34)31(21(15-32)18-10-6-5-7-11-18)25(19)26(33)30-24-17(3)9-8-12-20(24)29/h5-14,16,19,21-23,25,32H,4,15H2,1-3H3,(H,30,33)/t16-,19+,21-,22-,23+,25+/m1/s1. The molecule has 0 spiro atoms. The summed E-state index contributed by atoms with van der Waals surface area (Å²) in [6, 6.07) is 12.7. The Bertz CT molecular complexity index is 1150. The van der Waals surface area contributed by atoms with Gasteiger partial charge in [-0.3, -0.25) is 14.4 Å². The van der Waals surface area contributed by atoms with E-state index in [1.165, 1.54) is 4.90 Å². The lowest BCUT2D eigenvalue weighted by Gasteiger charge is -2.33. The Morgan fingerprint density at radius 1 is 1.14 bits per heavy atom. The number of para-hydroxylation sites is 1. The Kier molecular flexibility index (Phi) is 7.81. The first kappa shape index (κ1) is 25.9. The van der Waals surface area contributed by atoms with Crippen molar-refractivity contribution in [1.29, 1.82) is 0 Å². The minimum Gasteiger partial charge on any atom is -0.466 e. The number of benzene rings is 2. The van der Waals surface area contributed by atoms with Crippen LogP contribution in [-0.4, -0.2) is 47.0 Å². The van der Waals surface area contributed by atoms with Crippen LogP contribution in [0.4, 0.5) is 5.69 Å². The summed E-state index contributed by atoms with van der Waals surface area (Å²) in [4.78, 5) is 42.3. The van der Waals surface area contributed by atoms with Crippen LogP contribution in [0.15, 0.2) is 60.7 Å². The number of nitrogens with zero attached hydrogens (tertiary/aromatic N) is 1. The third kappa shape index (κ3) is 4.65. The number of aryl methyl sites for hydroxylation is 1. The van der Waals surface area contributed by atoms with Crippen LogP contribution in [0.2, 0.25) is 5.02 Å². The molecular formula is C28H31ClN2O5. The number of esters is 1. The van der Waals surface area contributed by atoms with E-state index in [0.29, 0.717) is 16.3 Å². The molecule has 2 amide bonds. The lowest BCUT2D eigenvalue weighted by molar-refractivity contribution is -0.155. The molecule has 0 saturated carbocycles. The molecule has 2 aromatic rings. The Hall–Kier alpha value is -3.16. The average molecular weight is 511 g/mol. The molecule has 36 heavy (non-hydrogen) atoms. The van der Waals surface area contributed by atoms with Gasteiger partial charge in [0.1, 0.15) is 6.04 Å². The third-order valence-corrected chi connectivity index (χ3v) is 7.51. The van der Waals surface area contributed by atoms with Crippen LogP contribution in [0.1, 0.15) is 31.0 Å². The smallest absolute Gasteiger partial charge is 0.310 e. The fraction of sp³-hybridized carbons (Fsp3) is 0.393. The quantitative estimate of drug-likeness (QED) is 0.431. The van der Waals surface area contributed by atoms with Crippen LogP contribution in [0.5, 0.6) is 0 Å². The van der Waals surface area contributed by atoms with E-state index >= 15 is 0 Å². The second-order valence-electron chi connectivity index (χ2n) is 9.35. The van der Waals surface area contributed by atoms with Gasteiger partial charge in [0, 0.05) is 5.92 Å². The number of aliphatic hydroxyl groups excluding tert-OH is 1. The zero-order chi connectivity index (χ0) is 26.0. The number of allylic oxidation sites excluding steroid dienone is 1. The highest BCUT2D eigenvalue weighted by molar-refractivity contribution is 6.34. The molecule has 2 aliphatic rings.